The Morgan fingerprint density at radius 1 is 1.00 bits per heavy atom. The predicted octanol–water partition coefficient (Wildman–Crippen LogP) is 2.77. The van der Waals surface area contributed by atoms with Gasteiger partial charge in [0.15, 0.2) is 10.3 Å². The van der Waals surface area contributed by atoms with Gasteiger partial charge >= 0.3 is 0 Å². The van der Waals surface area contributed by atoms with Crippen molar-refractivity contribution in [3.63, 3.8) is 0 Å². The van der Waals surface area contributed by atoms with Crippen LogP contribution in [0.1, 0.15) is 54.3 Å². The lowest BCUT2D eigenvalue weighted by molar-refractivity contribution is 0.291. The van der Waals surface area contributed by atoms with E-state index in [1.807, 2.05) is 0 Å². The Hall–Kier alpha value is -1.22. The summed E-state index contributed by atoms with van der Waals surface area (Å²) in [7, 11) is 0. The molecule has 154 valence electrons. The monoisotopic (exact) mass is 420 g/mol. The molecule has 2 aliphatic carbocycles. The van der Waals surface area contributed by atoms with Gasteiger partial charge in [0.05, 0.1) is 11.4 Å². The van der Waals surface area contributed by atoms with Crippen molar-refractivity contribution in [2.24, 2.45) is 5.92 Å². The number of fused-ring (bicyclic) bond motifs is 2. The molecule has 2 aliphatic rings. The number of aromatic nitrogens is 2. The van der Waals surface area contributed by atoms with Crippen molar-refractivity contribution in [2.75, 3.05) is 18.0 Å². The Labute approximate surface area is 175 Å². The van der Waals surface area contributed by atoms with Crippen molar-refractivity contribution in [1.29, 1.82) is 0 Å². The Balaban J connectivity index is 1.27. The van der Waals surface area contributed by atoms with Gasteiger partial charge in [-0.2, -0.15) is 0 Å². The molecule has 0 aliphatic heterocycles. The van der Waals surface area contributed by atoms with Gasteiger partial charge in [-0.3, -0.25) is 0 Å². The number of thiazole rings is 2. The minimum Gasteiger partial charge on any atom is -0.375 e. The van der Waals surface area contributed by atoms with Crippen LogP contribution in [-0.4, -0.2) is 34.6 Å². The van der Waals surface area contributed by atoms with Gasteiger partial charge in [-0.05, 0) is 57.4 Å². The number of nitrogens with two attached hydrogens (primary N) is 2. The number of hydrogen-bond donors (Lipinski definition) is 4. The van der Waals surface area contributed by atoms with Crippen LogP contribution in [0.2, 0.25) is 0 Å². The van der Waals surface area contributed by atoms with Crippen LogP contribution in [0.25, 0.3) is 0 Å². The lowest BCUT2D eigenvalue weighted by Gasteiger charge is -2.32. The van der Waals surface area contributed by atoms with E-state index >= 15 is 0 Å². The molecule has 0 radical (unpaired) electrons. The lowest BCUT2D eigenvalue weighted by atomic mass is 9.92. The Morgan fingerprint density at radius 3 is 2.18 bits per heavy atom. The molecule has 2 heterocycles. The average molecular weight is 421 g/mol. The summed E-state index contributed by atoms with van der Waals surface area (Å²) in [6, 6.07) is 1.62. The summed E-state index contributed by atoms with van der Waals surface area (Å²) >= 11 is 3.32. The van der Waals surface area contributed by atoms with Crippen LogP contribution in [0.5, 0.6) is 0 Å². The summed E-state index contributed by atoms with van der Waals surface area (Å²) in [5, 5.41) is 9.18. The van der Waals surface area contributed by atoms with Gasteiger partial charge in [-0.15, -0.1) is 22.7 Å². The van der Waals surface area contributed by atoms with Crippen LogP contribution in [0.15, 0.2) is 0 Å². The van der Waals surface area contributed by atoms with E-state index in [0.29, 0.717) is 34.3 Å². The molecular formula is C20H32N6S2. The van der Waals surface area contributed by atoms with E-state index in [1.54, 1.807) is 22.7 Å². The third-order valence-corrected chi connectivity index (χ3v) is 8.12. The fourth-order valence-corrected chi connectivity index (χ4v) is 6.51. The van der Waals surface area contributed by atoms with Crippen molar-refractivity contribution < 1.29 is 0 Å². The molecule has 2 aromatic rings. The van der Waals surface area contributed by atoms with Gasteiger partial charge in [0, 0.05) is 27.9 Å². The fourth-order valence-electron chi connectivity index (χ4n) is 4.59. The second-order valence-corrected chi connectivity index (χ2v) is 10.5. The number of aryl methyl sites for hydroxylation is 2. The van der Waals surface area contributed by atoms with Crippen LogP contribution < -0.4 is 22.1 Å². The molecule has 0 spiro atoms. The molecule has 6 N–H and O–H groups in total. The zero-order chi connectivity index (χ0) is 19.7. The minimum atomic E-state index is 0.530. The van der Waals surface area contributed by atoms with E-state index in [9.17, 15) is 0 Å². The first-order valence-corrected chi connectivity index (χ1v) is 12.1. The number of nitrogen functional groups attached to an aromatic ring is 2. The highest BCUT2D eigenvalue weighted by Crippen LogP contribution is 2.29. The number of hydrogen-bond acceptors (Lipinski definition) is 8. The van der Waals surface area contributed by atoms with Gasteiger partial charge in [-0.1, -0.05) is 13.8 Å². The van der Waals surface area contributed by atoms with Crippen molar-refractivity contribution >= 4 is 32.9 Å². The summed E-state index contributed by atoms with van der Waals surface area (Å²) < 4.78 is 0. The minimum absolute atomic E-state index is 0.530. The summed E-state index contributed by atoms with van der Waals surface area (Å²) in [6.07, 6.45) is 7.70. The molecule has 4 rings (SSSR count). The van der Waals surface area contributed by atoms with E-state index in [0.717, 1.165) is 51.5 Å². The van der Waals surface area contributed by atoms with E-state index in [1.165, 1.54) is 21.1 Å². The van der Waals surface area contributed by atoms with Crippen molar-refractivity contribution in [2.45, 2.75) is 76.9 Å². The lowest BCUT2D eigenvalue weighted by Crippen LogP contribution is -2.48. The molecule has 2 unspecified atom stereocenters. The Bertz CT molecular complexity index is 801. The fraction of sp³-hybridized carbons (Fsp3) is 0.700. The topological polar surface area (TPSA) is 102 Å². The number of rotatable bonds is 7. The molecule has 28 heavy (non-hydrogen) atoms. The largest absolute Gasteiger partial charge is 0.375 e. The number of nitrogens with zero attached hydrogens (tertiary/aromatic N) is 2. The van der Waals surface area contributed by atoms with Gasteiger partial charge in [0.1, 0.15) is 0 Å². The van der Waals surface area contributed by atoms with E-state index < -0.39 is 0 Å². The first-order chi connectivity index (χ1) is 13.5. The molecule has 0 saturated carbocycles. The number of nitrogens with one attached hydrogen (secondary N) is 2. The molecule has 0 bridgehead atoms. The third kappa shape index (κ3) is 4.50. The Morgan fingerprint density at radius 2 is 1.57 bits per heavy atom. The van der Waals surface area contributed by atoms with Crippen LogP contribution in [0.4, 0.5) is 10.3 Å². The Kier molecular flexibility index (Phi) is 6.20. The summed E-state index contributed by atoms with van der Waals surface area (Å²) in [5.74, 6) is 0.589. The molecule has 2 aromatic heterocycles. The maximum atomic E-state index is 5.89. The molecule has 0 saturated heterocycles. The summed E-state index contributed by atoms with van der Waals surface area (Å²) in [5.41, 5.74) is 14.2. The van der Waals surface area contributed by atoms with Crippen molar-refractivity contribution in [3.05, 3.63) is 21.1 Å². The zero-order valence-corrected chi connectivity index (χ0v) is 18.5. The first kappa shape index (κ1) is 20.1. The van der Waals surface area contributed by atoms with Gasteiger partial charge in [0.25, 0.3) is 0 Å². The van der Waals surface area contributed by atoms with Crippen LogP contribution in [0.3, 0.4) is 0 Å². The van der Waals surface area contributed by atoms with E-state index in [-0.39, 0.29) is 0 Å². The maximum absolute atomic E-state index is 5.89. The summed E-state index contributed by atoms with van der Waals surface area (Å²) in [4.78, 5) is 11.7. The molecule has 4 atom stereocenters. The number of anilines is 2. The normalized spacial score (nSPS) is 23.8. The molecular weight excluding hydrogens is 388 g/mol. The predicted molar refractivity (Wildman–Crippen MR) is 119 cm³/mol. The van der Waals surface area contributed by atoms with Crippen molar-refractivity contribution in [1.82, 2.24) is 20.6 Å². The maximum Gasteiger partial charge on any atom is 0.180 e. The van der Waals surface area contributed by atoms with Crippen LogP contribution in [0, 0.1) is 5.92 Å². The second kappa shape index (κ2) is 8.65. The average Bonchev–Trinajstić information content (AvgIpc) is 3.23. The second-order valence-electron chi connectivity index (χ2n) is 8.29. The molecule has 8 heteroatoms. The molecule has 0 aromatic carbocycles. The first-order valence-electron chi connectivity index (χ1n) is 10.5. The molecule has 6 nitrogen and oxygen atoms in total. The smallest absolute Gasteiger partial charge is 0.180 e. The third-order valence-electron chi connectivity index (χ3n) is 6.22. The molecule has 0 fully saturated rings. The van der Waals surface area contributed by atoms with Crippen LogP contribution >= 0.6 is 22.7 Å². The molecule has 0 amide bonds. The highest BCUT2D eigenvalue weighted by Gasteiger charge is 2.27. The van der Waals surface area contributed by atoms with Gasteiger partial charge in [-0.25, -0.2) is 9.97 Å². The SMILES string of the molecule is CCC(N[C@H]1CCc2nc(N)sc2C1)C(C)CN[C@H]1CCc2nc(N)sc2C1. The summed E-state index contributed by atoms with van der Waals surface area (Å²) in [6.45, 7) is 5.71. The van der Waals surface area contributed by atoms with Gasteiger partial charge < -0.3 is 22.1 Å². The van der Waals surface area contributed by atoms with Crippen molar-refractivity contribution in [3.8, 4) is 0 Å². The highest BCUT2D eigenvalue weighted by molar-refractivity contribution is 7.15. The highest BCUT2D eigenvalue weighted by atomic mass is 32.1. The van der Waals surface area contributed by atoms with Crippen LogP contribution in [-0.2, 0) is 25.7 Å². The van der Waals surface area contributed by atoms with E-state index in [2.05, 4.69) is 34.4 Å². The van der Waals surface area contributed by atoms with Gasteiger partial charge in [0.2, 0.25) is 0 Å². The zero-order valence-electron chi connectivity index (χ0n) is 16.8. The quantitative estimate of drug-likeness (QED) is 0.549. The van der Waals surface area contributed by atoms with E-state index in [4.69, 9.17) is 11.5 Å². The standard InChI is InChI=1S/C20H32N6S2/c1-3-14(24-13-5-7-16-18(9-13)28-20(22)26-16)11(2)10-23-12-4-6-15-17(8-12)27-19(21)25-15/h11-14,23-24H,3-10H2,1-2H3,(H2,21,25)(H2,22,26)/t11?,12-,13-,14?/m0/s1.